The number of likely N-dealkylation sites (tertiary alicyclic amines) is 1. The third-order valence-corrected chi connectivity index (χ3v) is 7.30. The van der Waals surface area contributed by atoms with Gasteiger partial charge >= 0.3 is 0 Å². The fraction of sp³-hybridized carbons (Fsp3) is 0.323. The number of benzene rings is 2. The minimum Gasteiger partial charge on any atom is -0.303 e. The second kappa shape index (κ2) is 15.1. The number of aromatic nitrogens is 1. The van der Waals surface area contributed by atoms with E-state index in [0.29, 0.717) is 13.1 Å². The lowest BCUT2D eigenvalue weighted by Gasteiger charge is -2.34. The zero-order chi connectivity index (χ0) is 26.3. The molecule has 0 spiro atoms. The third kappa shape index (κ3) is 7.98. The van der Waals surface area contributed by atoms with Crippen molar-refractivity contribution in [1.82, 2.24) is 19.7 Å². The first kappa shape index (κ1) is 31.4. The predicted octanol–water partition coefficient (Wildman–Crippen LogP) is 5.22. The molecular formula is C31H35Cl2FN4O2. The summed E-state index contributed by atoms with van der Waals surface area (Å²) in [4.78, 5) is 35.4. The molecule has 40 heavy (non-hydrogen) atoms. The summed E-state index contributed by atoms with van der Waals surface area (Å²) in [6.45, 7) is 4.13. The van der Waals surface area contributed by atoms with Gasteiger partial charge in [-0.2, -0.15) is 0 Å². The second-order valence-electron chi connectivity index (χ2n) is 9.95. The highest BCUT2D eigenvalue weighted by Gasteiger charge is 2.31. The summed E-state index contributed by atoms with van der Waals surface area (Å²) >= 11 is 0. The van der Waals surface area contributed by atoms with E-state index in [-0.39, 0.29) is 55.5 Å². The maximum absolute atomic E-state index is 13.6. The van der Waals surface area contributed by atoms with Gasteiger partial charge in [0, 0.05) is 32.4 Å². The van der Waals surface area contributed by atoms with E-state index in [1.54, 1.807) is 6.20 Å². The van der Waals surface area contributed by atoms with Crippen LogP contribution in [0.4, 0.5) is 4.39 Å². The summed E-state index contributed by atoms with van der Waals surface area (Å²) < 4.78 is 13.6. The summed E-state index contributed by atoms with van der Waals surface area (Å²) in [5.41, 5.74) is 5.63. The van der Waals surface area contributed by atoms with E-state index in [1.807, 2.05) is 53.4 Å². The van der Waals surface area contributed by atoms with Crippen molar-refractivity contribution in [1.29, 1.82) is 0 Å². The number of hydrogen-bond acceptors (Lipinski definition) is 5. The molecule has 3 heterocycles. The molecular weight excluding hydrogens is 550 g/mol. The van der Waals surface area contributed by atoms with E-state index >= 15 is 0 Å². The molecule has 212 valence electrons. The van der Waals surface area contributed by atoms with Gasteiger partial charge in [-0.05, 0) is 66.8 Å². The molecule has 0 atom stereocenters. The van der Waals surface area contributed by atoms with Crippen LogP contribution in [0.3, 0.4) is 0 Å². The maximum atomic E-state index is 13.6. The van der Waals surface area contributed by atoms with Gasteiger partial charge in [0.05, 0.1) is 18.8 Å². The van der Waals surface area contributed by atoms with Crippen LogP contribution in [-0.4, -0.2) is 70.8 Å². The predicted molar refractivity (Wildman–Crippen MR) is 160 cm³/mol. The fourth-order valence-corrected chi connectivity index (χ4v) is 5.38. The molecule has 2 saturated heterocycles. The van der Waals surface area contributed by atoms with Crippen LogP contribution < -0.4 is 0 Å². The fourth-order valence-electron chi connectivity index (χ4n) is 5.38. The number of rotatable bonds is 8. The summed E-state index contributed by atoms with van der Waals surface area (Å²) in [5.74, 6) is -0.492. The van der Waals surface area contributed by atoms with Crippen LogP contribution in [0.5, 0.6) is 0 Å². The molecule has 0 bridgehead atoms. The minimum absolute atomic E-state index is 0. The van der Waals surface area contributed by atoms with Crippen molar-refractivity contribution in [3.05, 3.63) is 107 Å². The van der Waals surface area contributed by atoms with Gasteiger partial charge in [0.15, 0.2) is 0 Å². The number of piperazine rings is 1. The van der Waals surface area contributed by atoms with Crippen LogP contribution in [0, 0.1) is 5.82 Å². The van der Waals surface area contributed by atoms with Crippen molar-refractivity contribution in [2.45, 2.75) is 25.8 Å². The normalized spacial score (nSPS) is 16.3. The van der Waals surface area contributed by atoms with Crippen LogP contribution in [-0.2, 0) is 16.1 Å². The van der Waals surface area contributed by atoms with Gasteiger partial charge in [-0.15, -0.1) is 24.8 Å². The van der Waals surface area contributed by atoms with Gasteiger partial charge in [0.2, 0.25) is 11.8 Å². The molecule has 6 nitrogen and oxygen atoms in total. The monoisotopic (exact) mass is 584 g/mol. The van der Waals surface area contributed by atoms with E-state index in [0.717, 1.165) is 55.7 Å². The highest BCUT2D eigenvalue weighted by molar-refractivity contribution is 5.99. The molecule has 0 unspecified atom stereocenters. The Bertz CT molecular complexity index is 1260. The van der Waals surface area contributed by atoms with E-state index in [4.69, 9.17) is 0 Å². The Morgan fingerprint density at radius 2 is 1.38 bits per heavy atom. The number of imide groups is 1. The largest absolute Gasteiger partial charge is 0.303 e. The number of carbonyl (C=O) groups is 2. The molecule has 2 aliphatic rings. The Morgan fingerprint density at radius 1 is 0.750 bits per heavy atom. The zero-order valence-corrected chi connectivity index (χ0v) is 24.0. The van der Waals surface area contributed by atoms with Crippen molar-refractivity contribution in [2.75, 3.05) is 39.3 Å². The smallest absolute Gasteiger partial charge is 0.243 e. The number of halogens is 3. The minimum atomic E-state index is -0.229. The molecule has 1 aromatic heterocycles. The Kier molecular flexibility index (Phi) is 11.8. The molecule has 5 rings (SSSR count). The topological polar surface area (TPSA) is 56.8 Å². The average molecular weight is 586 g/mol. The van der Waals surface area contributed by atoms with Crippen molar-refractivity contribution < 1.29 is 14.0 Å². The summed E-state index contributed by atoms with van der Waals surface area (Å²) in [7, 11) is 0. The van der Waals surface area contributed by atoms with Gasteiger partial charge in [-0.1, -0.05) is 54.1 Å². The van der Waals surface area contributed by atoms with Gasteiger partial charge in [0.1, 0.15) is 5.82 Å². The molecule has 0 radical (unpaired) electrons. The SMILES string of the molecule is Cl.Cl.O=C1CN(Cc2ccccn2)CC(=O)N1CCCN1CCC(=C(c2ccccc2)c2ccc(F)cc2)CC1. The summed E-state index contributed by atoms with van der Waals surface area (Å²) in [6, 6.07) is 22.7. The lowest BCUT2D eigenvalue weighted by atomic mass is 9.88. The van der Waals surface area contributed by atoms with Gasteiger partial charge < -0.3 is 4.90 Å². The Balaban J connectivity index is 0.00000220. The lowest BCUT2D eigenvalue weighted by Crippen LogP contribution is -2.54. The van der Waals surface area contributed by atoms with Crippen LogP contribution >= 0.6 is 24.8 Å². The first-order valence-corrected chi connectivity index (χ1v) is 13.3. The van der Waals surface area contributed by atoms with Crippen molar-refractivity contribution >= 4 is 42.2 Å². The Hall–Kier alpha value is -3.10. The molecule has 2 aromatic carbocycles. The van der Waals surface area contributed by atoms with Crippen LogP contribution in [0.2, 0.25) is 0 Å². The van der Waals surface area contributed by atoms with Crippen molar-refractivity contribution in [2.24, 2.45) is 0 Å². The van der Waals surface area contributed by atoms with Gasteiger partial charge in [0.25, 0.3) is 0 Å². The molecule has 0 saturated carbocycles. The highest BCUT2D eigenvalue weighted by Crippen LogP contribution is 2.32. The van der Waals surface area contributed by atoms with Gasteiger partial charge in [-0.3, -0.25) is 24.4 Å². The third-order valence-electron chi connectivity index (χ3n) is 7.30. The molecule has 3 aromatic rings. The van der Waals surface area contributed by atoms with Crippen molar-refractivity contribution in [3.8, 4) is 0 Å². The Labute approximate surface area is 247 Å². The first-order chi connectivity index (χ1) is 18.6. The standard InChI is InChI=1S/C31H33FN4O2.2ClH/c32-27-12-10-25(11-13-27)31(24-7-2-1-3-8-24)26-14-19-34(20-15-26)17-6-18-36-29(37)22-35(23-30(36)38)21-28-9-4-5-16-33-28;;/h1-5,7-13,16H,6,14-15,17-23H2;2*1H. The molecule has 2 amide bonds. The molecule has 0 aliphatic carbocycles. The van der Waals surface area contributed by atoms with Gasteiger partial charge in [-0.25, -0.2) is 4.39 Å². The quantitative estimate of drug-likeness (QED) is 0.340. The van der Waals surface area contributed by atoms with Crippen LogP contribution in [0.1, 0.15) is 36.1 Å². The molecule has 2 aliphatic heterocycles. The van der Waals surface area contributed by atoms with E-state index in [1.165, 1.54) is 28.2 Å². The van der Waals surface area contributed by atoms with Crippen molar-refractivity contribution in [3.63, 3.8) is 0 Å². The average Bonchev–Trinajstić information content (AvgIpc) is 2.93. The Morgan fingerprint density at radius 3 is 2.00 bits per heavy atom. The van der Waals surface area contributed by atoms with E-state index in [2.05, 4.69) is 22.0 Å². The lowest BCUT2D eigenvalue weighted by molar-refractivity contribution is -0.151. The molecule has 2 fully saturated rings. The van der Waals surface area contributed by atoms with E-state index in [9.17, 15) is 14.0 Å². The van der Waals surface area contributed by atoms with Crippen LogP contribution in [0.15, 0.2) is 84.6 Å². The first-order valence-electron chi connectivity index (χ1n) is 13.3. The maximum Gasteiger partial charge on any atom is 0.243 e. The molecule has 9 heteroatoms. The number of carbonyl (C=O) groups excluding carboxylic acids is 2. The van der Waals surface area contributed by atoms with Crippen LogP contribution in [0.25, 0.3) is 5.57 Å². The number of piperidine rings is 1. The number of hydrogen-bond donors (Lipinski definition) is 0. The number of nitrogens with zero attached hydrogens (tertiary/aromatic N) is 4. The van der Waals surface area contributed by atoms with E-state index < -0.39 is 0 Å². The highest BCUT2D eigenvalue weighted by atomic mass is 35.5. The zero-order valence-electron chi connectivity index (χ0n) is 22.4. The second-order valence-corrected chi connectivity index (χ2v) is 9.95. The summed E-state index contributed by atoms with van der Waals surface area (Å²) in [5, 5.41) is 0. The number of pyridine rings is 1. The molecule has 0 N–H and O–H groups in total. The summed E-state index contributed by atoms with van der Waals surface area (Å²) in [6.07, 6.45) is 4.36. The number of amides is 2.